The first kappa shape index (κ1) is 22.7. The second kappa shape index (κ2) is 9.27. The molecule has 178 valence electrons. The molecule has 1 N–H and O–H groups in total. The van der Waals surface area contributed by atoms with E-state index >= 15 is 0 Å². The van der Waals surface area contributed by atoms with Crippen molar-refractivity contribution in [3.05, 3.63) is 103 Å². The Kier molecular flexibility index (Phi) is 6.00. The highest BCUT2D eigenvalue weighted by Gasteiger charge is 2.37. The van der Waals surface area contributed by atoms with Crippen LogP contribution in [0.1, 0.15) is 11.4 Å². The number of carbonyl (C=O) groups excluding carboxylic acids is 1. The van der Waals surface area contributed by atoms with Crippen molar-refractivity contribution in [2.45, 2.75) is 24.5 Å². The van der Waals surface area contributed by atoms with Gasteiger partial charge in [0.15, 0.2) is 6.10 Å². The lowest BCUT2D eigenvalue weighted by Gasteiger charge is -2.34. The van der Waals surface area contributed by atoms with Gasteiger partial charge >= 0.3 is 0 Å². The molecule has 1 atom stereocenters. The number of rotatable bonds is 6. The molecule has 0 saturated carbocycles. The molecule has 0 aliphatic carbocycles. The van der Waals surface area contributed by atoms with Crippen molar-refractivity contribution >= 4 is 21.6 Å². The summed E-state index contributed by atoms with van der Waals surface area (Å²) in [6.45, 7) is 2.09. The van der Waals surface area contributed by atoms with Crippen LogP contribution in [-0.4, -0.2) is 36.5 Å². The lowest BCUT2D eigenvalue weighted by atomic mass is 10.2. The van der Waals surface area contributed by atoms with Crippen LogP contribution in [0.2, 0.25) is 0 Å². The third kappa shape index (κ3) is 4.50. The molecule has 0 spiro atoms. The normalized spacial score (nSPS) is 15.2. The Morgan fingerprint density at radius 2 is 1.74 bits per heavy atom. The molecule has 0 bridgehead atoms. The maximum atomic E-state index is 13.4. The topological polar surface area (TPSA) is 93.5 Å². The summed E-state index contributed by atoms with van der Waals surface area (Å²) in [4.78, 5) is 17.4. The number of hydrogen-bond donors (Lipinski definition) is 1. The van der Waals surface area contributed by atoms with Gasteiger partial charge in [0.05, 0.1) is 17.1 Å². The fraction of sp³-hybridized carbons (Fsp3) is 0.154. The number of fused-ring (bicyclic) bond motifs is 1. The third-order valence-electron chi connectivity index (χ3n) is 5.87. The highest BCUT2D eigenvalue weighted by molar-refractivity contribution is 7.92. The van der Waals surface area contributed by atoms with Gasteiger partial charge in [0.2, 0.25) is 0 Å². The van der Waals surface area contributed by atoms with E-state index in [0.717, 1.165) is 17.1 Å². The summed E-state index contributed by atoms with van der Waals surface area (Å²) in [6.07, 6.45) is 2.64. The van der Waals surface area contributed by atoms with E-state index in [1.165, 1.54) is 16.4 Å². The van der Waals surface area contributed by atoms with Crippen molar-refractivity contribution in [3.63, 3.8) is 0 Å². The van der Waals surface area contributed by atoms with Crippen LogP contribution >= 0.6 is 0 Å². The molecule has 1 amide bonds. The number of ether oxygens (including phenoxy) is 1. The van der Waals surface area contributed by atoms with Crippen molar-refractivity contribution in [1.82, 2.24) is 14.9 Å². The van der Waals surface area contributed by atoms with E-state index in [2.05, 4.69) is 10.3 Å². The van der Waals surface area contributed by atoms with Crippen LogP contribution in [-0.2, 0) is 21.4 Å². The number of amides is 1. The van der Waals surface area contributed by atoms with Gasteiger partial charge in [-0.25, -0.2) is 13.4 Å². The van der Waals surface area contributed by atoms with Gasteiger partial charge in [-0.2, -0.15) is 0 Å². The Morgan fingerprint density at radius 1 is 1.03 bits per heavy atom. The van der Waals surface area contributed by atoms with Crippen molar-refractivity contribution in [2.24, 2.45) is 0 Å². The van der Waals surface area contributed by atoms with Crippen LogP contribution in [0.4, 0.5) is 5.69 Å². The number of imidazole rings is 1. The van der Waals surface area contributed by atoms with Crippen molar-refractivity contribution < 1.29 is 17.9 Å². The maximum absolute atomic E-state index is 13.4. The molecule has 9 heteroatoms. The van der Waals surface area contributed by atoms with Gasteiger partial charge in [-0.05, 0) is 48.9 Å². The van der Waals surface area contributed by atoms with E-state index < -0.39 is 16.1 Å². The number of carbonyl (C=O) groups is 1. The van der Waals surface area contributed by atoms with Gasteiger partial charge in [0.1, 0.15) is 11.6 Å². The van der Waals surface area contributed by atoms with Gasteiger partial charge in [0, 0.05) is 24.6 Å². The predicted octanol–water partition coefficient (Wildman–Crippen LogP) is 3.45. The Morgan fingerprint density at radius 3 is 2.46 bits per heavy atom. The molecule has 0 saturated heterocycles. The molecule has 1 aliphatic heterocycles. The minimum Gasteiger partial charge on any atom is -0.476 e. The number of anilines is 1. The van der Waals surface area contributed by atoms with Crippen LogP contribution in [0.25, 0.3) is 5.69 Å². The Bertz CT molecular complexity index is 1450. The average molecular weight is 489 g/mol. The van der Waals surface area contributed by atoms with Crippen molar-refractivity contribution in [1.29, 1.82) is 0 Å². The largest absolute Gasteiger partial charge is 0.476 e. The van der Waals surface area contributed by atoms with Gasteiger partial charge < -0.3 is 14.6 Å². The summed E-state index contributed by atoms with van der Waals surface area (Å²) in [7, 11) is -3.87. The van der Waals surface area contributed by atoms with E-state index in [9.17, 15) is 13.2 Å². The number of sulfonamides is 1. The Labute approximate surface area is 203 Å². The number of aryl methyl sites for hydroxylation is 1. The number of para-hydroxylation sites is 2. The molecular formula is C26H24N4O4S. The van der Waals surface area contributed by atoms with Gasteiger partial charge in [-0.3, -0.25) is 9.10 Å². The molecule has 4 aromatic rings. The van der Waals surface area contributed by atoms with Gasteiger partial charge in [-0.1, -0.05) is 42.5 Å². The van der Waals surface area contributed by atoms with Crippen LogP contribution < -0.4 is 14.4 Å². The zero-order chi connectivity index (χ0) is 24.4. The molecule has 8 nitrogen and oxygen atoms in total. The van der Waals surface area contributed by atoms with Gasteiger partial charge in [0.25, 0.3) is 15.9 Å². The molecular weight excluding hydrogens is 464 g/mol. The van der Waals surface area contributed by atoms with E-state index in [-0.39, 0.29) is 23.9 Å². The third-order valence-corrected chi connectivity index (χ3v) is 7.66. The lowest BCUT2D eigenvalue weighted by molar-refractivity contribution is -0.127. The summed E-state index contributed by atoms with van der Waals surface area (Å²) in [6, 6.07) is 22.8. The molecule has 1 aromatic heterocycles. The summed E-state index contributed by atoms with van der Waals surface area (Å²) >= 11 is 0. The summed E-state index contributed by atoms with van der Waals surface area (Å²) in [5.41, 5.74) is 2.29. The molecule has 0 unspecified atom stereocenters. The van der Waals surface area contributed by atoms with Crippen molar-refractivity contribution in [2.75, 3.05) is 10.8 Å². The van der Waals surface area contributed by atoms with Crippen LogP contribution in [0, 0.1) is 6.92 Å². The average Bonchev–Trinajstić information content (AvgIpc) is 3.33. The summed E-state index contributed by atoms with van der Waals surface area (Å²) < 4.78 is 35.9. The fourth-order valence-electron chi connectivity index (χ4n) is 4.01. The molecule has 0 fully saturated rings. The molecule has 2 heterocycles. The first-order valence-corrected chi connectivity index (χ1v) is 12.6. The minimum absolute atomic E-state index is 0.126. The maximum Gasteiger partial charge on any atom is 0.264 e. The second-order valence-electron chi connectivity index (χ2n) is 8.15. The zero-order valence-electron chi connectivity index (χ0n) is 19.0. The van der Waals surface area contributed by atoms with Crippen LogP contribution in [0.3, 0.4) is 0 Å². The number of nitrogens with zero attached hydrogens (tertiary/aromatic N) is 3. The quantitative estimate of drug-likeness (QED) is 0.449. The summed E-state index contributed by atoms with van der Waals surface area (Å²) in [5, 5.41) is 2.87. The number of aromatic nitrogens is 2. The zero-order valence-corrected chi connectivity index (χ0v) is 19.9. The Hall–Kier alpha value is -4.11. The van der Waals surface area contributed by atoms with Crippen LogP contribution in [0.5, 0.6) is 5.75 Å². The fourth-order valence-corrected chi connectivity index (χ4v) is 5.51. The molecule has 3 aromatic carbocycles. The van der Waals surface area contributed by atoms with E-state index in [1.54, 1.807) is 48.7 Å². The predicted molar refractivity (Wildman–Crippen MR) is 132 cm³/mol. The van der Waals surface area contributed by atoms with E-state index in [1.807, 2.05) is 42.0 Å². The highest BCUT2D eigenvalue weighted by atomic mass is 32.2. The van der Waals surface area contributed by atoms with Crippen molar-refractivity contribution in [3.8, 4) is 11.4 Å². The molecule has 5 rings (SSSR count). The van der Waals surface area contributed by atoms with E-state index in [4.69, 9.17) is 4.74 Å². The SMILES string of the molecule is Cc1nccn1-c1ccc(CNC(=O)[C@H]2CN(S(=O)(=O)c3ccccc3)c3ccccc3O2)cc1. The van der Waals surface area contributed by atoms with Gasteiger partial charge in [-0.15, -0.1) is 0 Å². The van der Waals surface area contributed by atoms with E-state index in [0.29, 0.717) is 11.4 Å². The highest BCUT2D eigenvalue weighted by Crippen LogP contribution is 2.36. The molecule has 1 aliphatic rings. The first-order valence-electron chi connectivity index (χ1n) is 11.1. The standard InChI is InChI=1S/C26H24N4O4S/c1-19-27-15-16-29(19)21-13-11-20(12-14-21)17-28-26(31)25-18-30(23-9-5-6-10-24(23)34-25)35(32,33)22-7-3-2-4-8-22/h2-16,25H,17-18H2,1H3,(H,28,31)/t25-/m1/s1. The van der Waals surface area contributed by atoms with Crippen LogP contribution in [0.15, 0.2) is 96.2 Å². The minimum atomic E-state index is -3.87. The molecule has 0 radical (unpaired) electrons. The lowest BCUT2D eigenvalue weighted by Crippen LogP contribution is -2.50. The first-order chi connectivity index (χ1) is 16.9. The second-order valence-corrected chi connectivity index (χ2v) is 10.0. The monoisotopic (exact) mass is 488 g/mol. The number of nitrogens with one attached hydrogen (secondary N) is 1. The smallest absolute Gasteiger partial charge is 0.264 e. The number of hydrogen-bond acceptors (Lipinski definition) is 5. The number of benzene rings is 3. The Balaban J connectivity index is 1.32. The summed E-state index contributed by atoms with van der Waals surface area (Å²) in [5.74, 6) is 0.844. The molecule has 35 heavy (non-hydrogen) atoms.